The number of rotatable bonds is 6. The van der Waals surface area contributed by atoms with Crippen LogP contribution in [0.25, 0.3) is 5.95 Å². The van der Waals surface area contributed by atoms with Crippen LogP contribution in [0.4, 0.5) is 16.3 Å². The fraction of sp³-hybridized carbons (Fsp3) is 0.300. The molecule has 9 nitrogen and oxygen atoms in total. The first-order valence-corrected chi connectivity index (χ1v) is 9.39. The fourth-order valence-electron chi connectivity index (χ4n) is 2.98. The number of aromatic amines is 1. The van der Waals surface area contributed by atoms with Crippen molar-refractivity contribution in [3.8, 4) is 11.7 Å². The molecule has 0 saturated carbocycles. The third kappa shape index (κ3) is 4.45. The molecule has 152 valence electrons. The van der Waals surface area contributed by atoms with Crippen molar-refractivity contribution in [2.75, 3.05) is 17.2 Å². The highest BCUT2D eigenvalue weighted by Crippen LogP contribution is 2.24. The molecule has 9 heteroatoms. The van der Waals surface area contributed by atoms with E-state index in [-0.39, 0.29) is 11.5 Å². The van der Waals surface area contributed by atoms with Gasteiger partial charge in [0.1, 0.15) is 11.6 Å². The van der Waals surface area contributed by atoms with Crippen LogP contribution < -0.4 is 20.9 Å². The molecule has 0 bridgehead atoms. The maximum atomic E-state index is 12.6. The first-order chi connectivity index (χ1) is 13.9. The number of aromatic nitrogens is 4. The molecule has 1 aromatic carbocycles. The van der Waals surface area contributed by atoms with Gasteiger partial charge in [-0.05, 0) is 39.3 Å². The molecule has 3 aromatic rings. The number of nitrogens with zero attached hydrogens (tertiary/aromatic N) is 3. The van der Waals surface area contributed by atoms with Gasteiger partial charge in [0.15, 0.2) is 0 Å². The second kappa shape index (κ2) is 8.59. The zero-order valence-electron chi connectivity index (χ0n) is 16.9. The molecule has 0 spiro atoms. The average Bonchev–Trinajstić information content (AvgIpc) is 3.03. The van der Waals surface area contributed by atoms with Gasteiger partial charge in [0.25, 0.3) is 5.56 Å². The quantitative estimate of drug-likeness (QED) is 0.592. The van der Waals surface area contributed by atoms with Gasteiger partial charge in [-0.3, -0.25) is 15.1 Å². The minimum absolute atomic E-state index is 0.218. The Bertz CT molecular complexity index is 1090. The summed E-state index contributed by atoms with van der Waals surface area (Å²) in [6, 6.07) is 8.38. The molecule has 0 aliphatic heterocycles. The number of H-pyrrole nitrogens is 1. The maximum absolute atomic E-state index is 12.6. The second-order valence-electron chi connectivity index (χ2n) is 6.40. The zero-order chi connectivity index (χ0) is 21.0. The van der Waals surface area contributed by atoms with Crippen molar-refractivity contribution >= 4 is 17.5 Å². The van der Waals surface area contributed by atoms with Gasteiger partial charge in [-0.25, -0.2) is 9.78 Å². The number of urea groups is 1. The number of ether oxygens (including phenoxy) is 1. The van der Waals surface area contributed by atoms with E-state index in [4.69, 9.17) is 4.74 Å². The van der Waals surface area contributed by atoms with Crippen LogP contribution in [0, 0.1) is 13.8 Å². The van der Waals surface area contributed by atoms with E-state index in [1.807, 2.05) is 19.9 Å². The Balaban J connectivity index is 1.87. The number of carbonyl (C=O) groups excluding carboxylic acids is 1. The van der Waals surface area contributed by atoms with Crippen LogP contribution >= 0.6 is 0 Å². The molecule has 0 aliphatic carbocycles. The highest BCUT2D eigenvalue weighted by atomic mass is 16.5. The highest BCUT2D eigenvalue weighted by Gasteiger charge is 2.15. The third-order valence-electron chi connectivity index (χ3n) is 4.27. The smallest absolute Gasteiger partial charge is 0.324 e. The van der Waals surface area contributed by atoms with Crippen molar-refractivity contribution in [2.45, 2.75) is 34.1 Å². The molecule has 2 heterocycles. The lowest BCUT2D eigenvalue weighted by Gasteiger charge is -2.13. The molecule has 0 saturated heterocycles. The molecule has 0 aliphatic rings. The molecular formula is C20H24N6O3. The molecule has 0 fully saturated rings. The third-order valence-corrected chi connectivity index (χ3v) is 4.27. The SMILES string of the molecule is CCOc1ccccc1NC(=O)Nc1cc(C)nn1-c1nc(C)c(CC)c(=O)[nH]1. The molecular weight excluding hydrogens is 372 g/mol. The predicted molar refractivity (Wildman–Crippen MR) is 111 cm³/mol. The molecule has 0 unspecified atom stereocenters. The van der Waals surface area contributed by atoms with Crippen molar-refractivity contribution in [3.63, 3.8) is 0 Å². The van der Waals surface area contributed by atoms with Crippen LogP contribution in [0.3, 0.4) is 0 Å². The number of nitrogens with one attached hydrogen (secondary N) is 3. The van der Waals surface area contributed by atoms with E-state index in [1.54, 1.807) is 38.1 Å². The van der Waals surface area contributed by atoms with E-state index in [0.717, 1.165) is 0 Å². The predicted octanol–water partition coefficient (Wildman–Crippen LogP) is 3.18. The molecule has 3 rings (SSSR count). The monoisotopic (exact) mass is 396 g/mol. The summed E-state index contributed by atoms with van der Waals surface area (Å²) in [6.07, 6.45) is 0.583. The van der Waals surface area contributed by atoms with Crippen LogP contribution in [0.2, 0.25) is 0 Å². The Hall–Kier alpha value is -3.62. The Morgan fingerprint density at radius 3 is 2.66 bits per heavy atom. The summed E-state index contributed by atoms with van der Waals surface area (Å²) in [7, 11) is 0. The molecule has 3 N–H and O–H groups in total. The Morgan fingerprint density at radius 2 is 1.97 bits per heavy atom. The van der Waals surface area contributed by atoms with Gasteiger partial charge in [-0.2, -0.15) is 9.78 Å². The van der Waals surface area contributed by atoms with Crippen LogP contribution in [-0.2, 0) is 6.42 Å². The van der Waals surface area contributed by atoms with E-state index < -0.39 is 6.03 Å². The number of para-hydroxylation sites is 2. The number of hydrogen-bond donors (Lipinski definition) is 3. The summed E-state index contributed by atoms with van der Waals surface area (Å²) in [5.41, 5.74) is 2.24. The average molecular weight is 396 g/mol. The van der Waals surface area contributed by atoms with Gasteiger partial charge in [0.2, 0.25) is 5.95 Å². The number of anilines is 2. The number of aryl methyl sites for hydroxylation is 2. The van der Waals surface area contributed by atoms with E-state index in [0.29, 0.717) is 47.2 Å². The fourth-order valence-corrected chi connectivity index (χ4v) is 2.98. The van der Waals surface area contributed by atoms with E-state index in [9.17, 15) is 9.59 Å². The largest absolute Gasteiger partial charge is 0.492 e. The zero-order valence-corrected chi connectivity index (χ0v) is 16.9. The van der Waals surface area contributed by atoms with Gasteiger partial charge < -0.3 is 10.1 Å². The van der Waals surface area contributed by atoms with Gasteiger partial charge in [-0.1, -0.05) is 19.1 Å². The lowest BCUT2D eigenvalue weighted by atomic mass is 10.2. The van der Waals surface area contributed by atoms with E-state index >= 15 is 0 Å². The number of benzene rings is 1. The van der Waals surface area contributed by atoms with Crippen molar-refractivity contribution in [2.24, 2.45) is 0 Å². The van der Waals surface area contributed by atoms with Crippen molar-refractivity contribution in [1.29, 1.82) is 0 Å². The summed E-state index contributed by atoms with van der Waals surface area (Å²) in [5.74, 6) is 1.19. The van der Waals surface area contributed by atoms with Crippen molar-refractivity contribution in [3.05, 3.63) is 57.6 Å². The van der Waals surface area contributed by atoms with Gasteiger partial charge >= 0.3 is 6.03 Å². The number of amides is 2. The number of carbonyl (C=O) groups is 1. The maximum Gasteiger partial charge on any atom is 0.324 e. The standard InChI is InChI=1S/C20H24N6O3/c1-5-14-13(4)21-19(24-18(14)27)26-17(11-12(3)25-26)23-20(28)22-15-9-7-8-10-16(15)29-6-2/h7-11H,5-6H2,1-4H3,(H,21,24,27)(H2,22,23,28). The summed E-state index contributed by atoms with van der Waals surface area (Å²) < 4.78 is 6.92. The van der Waals surface area contributed by atoms with E-state index in [1.165, 1.54) is 4.68 Å². The highest BCUT2D eigenvalue weighted by molar-refractivity contribution is 6.00. The second-order valence-corrected chi connectivity index (χ2v) is 6.40. The first kappa shape index (κ1) is 20.1. The minimum atomic E-state index is -0.470. The summed E-state index contributed by atoms with van der Waals surface area (Å²) >= 11 is 0. The summed E-state index contributed by atoms with van der Waals surface area (Å²) in [6.45, 7) is 7.82. The Labute approximate surface area is 168 Å². The van der Waals surface area contributed by atoms with Crippen LogP contribution in [0.5, 0.6) is 5.75 Å². The van der Waals surface area contributed by atoms with Crippen molar-refractivity contribution < 1.29 is 9.53 Å². The van der Waals surface area contributed by atoms with Crippen LogP contribution in [0.15, 0.2) is 35.1 Å². The van der Waals surface area contributed by atoms with Gasteiger partial charge in [-0.15, -0.1) is 0 Å². The summed E-state index contributed by atoms with van der Waals surface area (Å²) in [4.78, 5) is 32.0. The Morgan fingerprint density at radius 1 is 1.21 bits per heavy atom. The van der Waals surface area contributed by atoms with E-state index in [2.05, 4.69) is 25.7 Å². The number of hydrogen-bond acceptors (Lipinski definition) is 5. The van der Waals surface area contributed by atoms with Gasteiger partial charge in [0.05, 0.1) is 18.0 Å². The van der Waals surface area contributed by atoms with Crippen LogP contribution in [-0.4, -0.2) is 32.4 Å². The molecule has 29 heavy (non-hydrogen) atoms. The van der Waals surface area contributed by atoms with Crippen molar-refractivity contribution in [1.82, 2.24) is 19.7 Å². The molecule has 0 atom stereocenters. The summed E-state index contributed by atoms with van der Waals surface area (Å²) in [5, 5.41) is 9.85. The lowest BCUT2D eigenvalue weighted by molar-refractivity contribution is 0.261. The lowest BCUT2D eigenvalue weighted by Crippen LogP contribution is -2.24. The van der Waals surface area contributed by atoms with Crippen LogP contribution in [0.1, 0.15) is 30.8 Å². The molecule has 2 amide bonds. The Kier molecular flexibility index (Phi) is 5.96. The topological polar surface area (TPSA) is 114 Å². The first-order valence-electron chi connectivity index (χ1n) is 9.39. The van der Waals surface area contributed by atoms with Gasteiger partial charge in [0, 0.05) is 17.3 Å². The normalized spacial score (nSPS) is 10.6. The molecule has 0 radical (unpaired) electrons. The minimum Gasteiger partial charge on any atom is -0.492 e. The molecule has 2 aromatic heterocycles.